The van der Waals surface area contributed by atoms with Gasteiger partial charge in [-0.3, -0.25) is 0 Å². The van der Waals surface area contributed by atoms with Crippen LogP contribution in [-0.2, 0) is 4.74 Å². The van der Waals surface area contributed by atoms with Crippen LogP contribution in [0.4, 0.5) is 0 Å². The lowest BCUT2D eigenvalue weighted by Crippen LogP contribution is -2.47. The molecule has 0 spiro atoms. The summed E-state index contributed by atoms with van der Waals surface area (Å²) < 4.78 is 5.45. The molecule has 0 heterocycles. The van der Waals surface area contributed by atoms with Crippen LogP contribution in [0, 0.1) is 16.7 Å². The number of methoxy groups -OCH3 is 1. The Morgan fingerprint density at radius 1 is 1.20 bits per heavy atom. The molecule has 1 unspecified atom stereocenters. The highest BCUT2D eigenvalue weighted by Crippen LogP contribution is 2.43. The Balaban J connectivity index is 4.89. The lowest BCUT2D eigenvalue weighted by atomic mass is 9.63. The van der Waals surface area contributed by atoms with E-state index in [0.717, 1.165) is 13.2 Å². The van der Waals surface area contributed by atoms with Crippen molar-refractivity contribution in [2.75, 3.05) is 27.3 Å². The fourth-order valence-corrected chi connectivity index (χ4v) is 2.37. The SMILES string of the molecule is CNCC(COC)(CC(C)C)C(C)(C)C. The zero-order valence-corrected chi connectivity index (χ0v) is 11.6. The van der Waals surface area contributed by atoms with Crippen LogP contribution in [0.1, 0.15) is 41.0 Å². The Bertz CT molecular complexity index is 164. The quantitative estimate of drug-likeness (QED) is 0.735. The van der Waals surface area contributed by atoms with Gasteiger partial charge in [0.2, 0.25) is 0 Å². The molecule has 0 aromatic rings. The molecule has 1 atom stereocenters. The van der Waals surface area contributed by atoms with Gasteiger partial charge in [0.15, 0.2) is 0 Å². The molecule has 0 fully saturated rings. The van der Waals surface area contributed by atoms with E-state index in [9.17, 15) is 0 Å². The molecule has 0 aromatic carbocycles. The van der Waals surface area contributed by atoms with Crippen molar-refractivity contribution in [3.63, 3.8) is 0 Å². The highest BCUT2D eigenvalue weighted by molar-refractivity contribution is 4.92. The van der Waals surface area contributed by atoms with Gasteiger partial charge in [0, 0.05) is 19.1 Å². The molecule has 0 radical (unpaired) electrons. The molecule has 0 saturated heterocycles. The molecule has 0 aromatic heterocycles. The summed E-state index contributed by atoms with van der Waals surface area (Å²) in [5, 5.41) is 3.33. The minimum absolute atomic E-state index is 0.227. The van der Waals surface area contributed by atoms with Gasteiger partial charge < -0.3 is 10.1 Å². The van der Waals surface area contributed by atoms with Gasteiger partial charge in [-0.15, -0.1) is 0 Å². The zero-order valence-electron chi connectivity index (χ0n) is 11.6. The first-order chi connectivity index (χ1) is 6.79. The van der Waals surface area contributed by atoms with E-state index in [2.05, 4.69) is 39.9 Å². The lowest BCUT2D eigenvalue weighted by Gasteiger charge is -2.45. The maximum absolute atomic E-state index is 5.45. The molecule has 0 aliphatic carbocycles. The Morgan fingerprint density at radius 3 is 2.00 bits per heavy atom. The van der Waals surface area contributed by atoms with Crippen LogP contribution >= 0.6 is 0 Å². The van der Waals surface area contributed by atoms with Gasteiger partial charge in [0.25, 0.3) is 0 Å². The van der Waals surface area contributed by atoms with E-state index >= 15 is 0 Å². The summed E-state index contributed by atoms with van der Waals surface area (Å²) in [7, 11) is 3.83. The van der Waals surface area contributed by atoms with Crippen LogP contribution < -0.4 is 5.32 Å². The van der Waals surface area contributed by atoms with Crippen LogP contribution in [0.25, 0.3) is 0 Å². The number of hydrogen-bond donors (Lipinski definition) is 1. The average Bonchev–Trinajstić information content (AvgIpc) is 2.01. The smallest absolute Gasteiger partial charge is 0.0535 e. The summed E-state index contributed by atoms with van der Waals surface area (Å²) >= 11 is 0. The second kappa shape index (κ2) is 5.86. The first-order valence-electron chi connectivity index (χ1n) is 5.92. The maximum atomic E-state index is 5.45. The van der Waals surface area contributed by atoms with E-state index in [-0.39, 0.29) is 10.8 Å². The zero-order chi connectivity index (χ0) is 12.1. The Labute approximate surface area is 95.8 Å². The molecule has 0 rings (SSSR count). The summed E-state index contributed by atoms with van der Waals surface area (Å²) in [6, 6.07) is 0. The fraction of sp³-hybridized carbons (Fsp3) is 1.00. The molecule has 0 saturated carbocycles. The second-order valence-corrected chi connectivity index (χ2v) is 6.09. The van der Waals surface area contributed by atoms with Gasteiger partial charge in [-0.05, 0) is 24.8 Å². The van der Waals surface area contributed by atoms with Crippen LogP contribution in [0.5, 0.6) is 0 Å². The monoisotopic (exact) mass is 215 g/mol. The Hall–Kier alpha value is -0.0800. The van der Waals surface area contributed by atoms with Crippen LogP contribution in [0.3, 0.4) is 0 Å². The summed E-state index contributed by atoms with van der Waals surface area (Å²) in [4.78, 5) is 0. The van der Waals surface area contributed by atoms with Crippen molar-refractivity contribution in [3.05, 3.63) is 0 Å². The van der Waals surface area contributed by atoms with E-state index < -0.39 is 0 Å². The molecule has 0 aliphatic heterocycles. The van der Waals surface area contributed by atoms with Gasteiger partial charge in [-0.1, -0.05) is 34.6 Å². The van der Waals surface area contributed by atoms with Gasteiger partial charge in [0.05, 0.1) is 6.61 Å². The lowest BCUT2D eigenvalue weighted by molar-refractivity contribution is -0.0205. The number of ether oxygens (including phenoxy) is 1. The molecule has 2 heteroatoms. The van der Waals surface area contributed by atoms with Crippen molar-refractivity contribution in [1.82, 2.24) is 5.32 Å². The van der Waals surface area contributed by atoms with Crippen molar-refractivity contribution in [2.24, 2.45) is 16.7 Å². The maximum Gasteiger partial charge on any atom is 0.0535 e. The van der Waals surface area contributed by atoms with Crippen LogP contribution in [-0.4, -0.2) is 27.3 Å². The summed E-state index contributed by atoms with van der Waals surface area (Å²) in [6.45, 7) is 13.3. The topological polar surface area (TPSA) is 21.3 Å². The number of rotatable bonds is 6. The third-order valence-electron chi connectivity index (χ3n) is 3.33. The van der Waals surface area contributed by atoms with Crippen molar-refractivity contribution in [3.8, 4) is 0 Å². The minimum Gasteiger partial charge on any atom is -0.384 e. The predicted molar refractivity (Wildman–Crippen MR) is 67.1 cm³/mol. The summed E-state index contributed by atoms with van der Waals surface area (Å²) in [5.41, 5.74) is 0.487. The number of nitrogens with one attached hydrogen (secondary N) is 1. The predicted octanol–water partition coefficient (Wildman–Crippen LogP) is 2.93. The molecule has 2 nitrogen and oxygen atoms in total. The van der Waals surface area contributed by atoms with Gasteiger partial charge >= 0.3 is 0 Å². The molecule has 92 valence electrons. The number of hydrogen-bond acceptors (Lipinski definition) is 2. The van der Waals surface area contributed by atoms with Gasteiger partial charge in [-0.2, -0.15) is 0 Å². The second-order valence-electron chi connectivity index (χ2n) is 6.09. The fourth-order valence-electron chi connectivity index (χ4n) is 2.37. The van der Waals surface area contributed by atoms with Crippen molar-refractivity contribution < 1.29 is 4.74 Å². The first kappa shape index (κ1) is 14.9. The minimum atomic E-state index is 0.227. The largest absolute Gasteiger partial charge is 0.384 e. The van der Waals surface area contributed by atoms with Gasteiger partial charge in [-0.25, -0.2) is 0 Å². The molecular weight excluding hydrogens is 186 g/mol. The van der Waals surface area contributed by atoms with Crippen molar-refractivity contribution in [2.45, 2.75) is 41.0 Å². The third kappa shape index (κ3) is 4.12. The van der Waals surface area contributed by atoms with Gasteiger partial charge in [0.1, 0.15) is 0 Å². The molecule has 0 bridgehead atoms. The summed E-state index contributed by atoms with van der Waals surface area (Å²) in [5.74, 6) is 0.702. The van der Waals surface area contributed by atoms with E-state index in [1.165, 1.54) is 6.42 Å². The third-order valence-corrected chi connectivity index (χ3v) is 3.33. The van der Waals surface area contributed by atoms with E-state index in [1.54, 1.807) is 7.11 Å². The molecule has 15 heavy (non-hydrogen) atoms. The summed E-state index contributed by atoms with van der Waals surface area (Å²) in [6.07, 6.45) is 1.20. The molecule has 0 amide bonds. The molecule has 0 aliphatic rings. The van der Waals surface area contributed by atoms with E-state index in [1.807, 2.05) is 7.05 Å². The highest BCUT2D eigenvalue weighted by Gasteiger charge is 2.41. The van der Waals surface area contributed by atoms with Crippen LogP contribution in [0.2, 0.25) is 0 Å². The molecule has 1 N–H and O–H groups in total. The van der Waals surface area contributed by atoms with Crippen molar-refractivity contribution >= 4 is 0 Å². The standard InChI is InChI=1S/C13H29NO/c1-11(2)8-13(9-14-6,10-15-7)12(3,4)5/h11,14H,8-10H2,1-7H3. The molecular formula is C13H29NO. The Morgan fingerprint density at radius 2 is 1.73 bits per heavy atom. The average molecular weight is 215 g/mol. The van der Waals surface area contributed by atoms with Crippen LogP contribution in [0.15, 0.2) is 0 Å². The normalized spacial score (nSPS) is 16.8. The highest BCUT2D eigenvalue weighted by atomic mass is 16.5. The van der Waals surface area contributed by atoms with Crippen molar-refractivity contribution in [1.29, 1.82) is 0 Å². The Kier molecular flexibility index (Phi) is 5.82. The first-order valence-corrected chi connectivity index (χ1v) is 5.92. The van der Waals surface area contributed by atoms with E-state index in [4.69, 9.17) is 4.74 Å². The van der Waals surface area contributed by atoms with E-state index in [0.29, 0.717) is 5.92 Å².